The molecule has 9 heteroatoms. The maximum atomic E-state index is 13.1. The molecule has 1 heterocycles. The van der Waals surface area contributed by atoms with E-state index in [-0.39, 0.29) is 40.0 Å². The highest BCUT2D eigenvalue weighted by Crippen LogP contribution is 2.59. The largest absolute Gasteiger partial charge is 0.452 e. The average Bonchev–Trinajstić information content (AvgIpc) is 3.42. The lowest BCUT2D eigenvalue weighted by Gasteiger charge is -2.28. The monoisotopic (exact) mass is 514 g/mol. The fourth-order valence-electron chi connectivity index (χ4n) is 5.81. The van der Waals surface area contributed by atoms with Crippen molar-refractivity contribution in [3.63, 3.8) is 0 Å². The van der Waals surface area contributed by atoms with Gasteiger partial charge in [0, 0.05) is 5.69 Å². The molecule has 3 fully saturated rings. The summed E-state index contributed by atoms with van der Waals surface area (Å²) in [6.07, 6.45) is 0.699. The number of esters is 1. The number of fused-ring (bicyclic) bond motifs is 5. The lowest BCUT2D eigenvalue weighted by atomic mass is 9.80. The van der Waals surface area contributed by atoms with Crippen molar-refractivity contribution in [2.45, 2.75) is 31.0 Å². The molecule has 3 aliphatic rings. The number of alkyl halides is 2. The van der Waals surface area contributed by atoms with E-state index in [1.165, 1.54) is 29.2 Å². The van der Waals surface area contributed by atoms with E-state index in [0.29, 0.717) is 17.8 Å². The van der Waals surface area contributed by atoms with Crippen LogP contribution >= 0.6 is 23.2 Å². The maximum Gasteiger partial charge on any atom is 0.338 e. The summed E-state index contributed by atoms with van der Waals surface area (Å²) in [5.74, 6) is -2.74. The lowest BCUT2D eigenvalue weighted by molar-refractivity contribution is -0.123. The Balaban J connectivity index is 1.21. The fraction of sp³-hybridized carbons (Fsp3) is 0.385. The fourth-order valence-corrected chi connectivity index (χ4v) is 6.70. The van der Waals surface area contributed by atoms with E-state index >= 15 is 0 Å². The van der Waals surface area contributed by atoms with Gasteiger partial charge in [-0.15, -0.1) is 23.2 Å². The highest BCUT2D eigenvalue weighted by molar-refractivity contribution is 6.32. The number of hydrogen-bond acceptors (Lipinski definition) is 5. The van der Waals surface area contributed by atoms with Crippen molar-refractivity contribution in [3.8, 4) is 0 Å². The number of carbonyl (C=O) groups excluding carboxylic acids is 4. The van der Waals surface area contributed by atoms with Gasteiger partial charge in [-0.25, -0.2) is 4.79 Å². The van der Waals surface area contributed by atoms with Crippen LogP contribution in [0.2, 0.25) is 0 Å². The standard InChI is InChI=1S/C26H24Cl2N2O5/c1-12-7-13(2)9-15(8-12)29-19(31)11-35-26(34)14-3-5-16(6-4-14)30-24(32)20-17-10-18(21(20)25(30)33)23(28)22(17)27/h3-9,17-18,20-23H,10-11H2,1-2H3,(H,29,31)/t17-,18-,20-,21+,22-,23+/m1/s1. The number of hydrogen-bond donors (Lipinski definition) is 1. The SMILES string of the molecule is Cc1cc(C)cc(NC(=O)COC(=O)c2ccc(N3C(=O)[C@@H]4[C@H]5C[C@@H]([C@H](Cl)[C@@H]5Cl)[C@@H]4C3=O)cc2)c1. The smallest absolute Gasteiger partial charge is 0.338 e. The summed E-state index contributed by atoms with van der Waals surface area (Å²) in [4.78, 5) is 52.0. The normalized spacial score (nSPS) is 28.9. The second-order valence-electron chi connectivity index (χ2n) is 9.56. The number of rotatable bonds is 5. The lowest BCUT2D eigenvalue weighted by Crippen LogP contribution is -2.37. The molecular formula is C26H24Cl2N2O5. The van der Waals surface area contributed by atoms with E-state index in [4.69, 9.17) is 27.9 Å². The molecule has 35 heavy (non-hydrogen) atoms. The summed E-state index contributed by atoms with van der Waals surface area (Å²) in [6, 6.07) is 11.6. The molecule has 1 N–H and O–H groups in total. The molecule has 0 unspecified atom stereocenters. The van der Waals surface area contributed by atoms with Gasteiger partial charge in [0.2, 0.25) is 11.8 Å². The van der Waals surface area contributed by atoms with Crippen molar-refractivity contribution in [1.82, 2.24) is 0 Å². The van der Waals surface area contributed by atoms with Crippen molar-refractivity contribution in [1.29, 1.82) is 0 Å². The van der Waals surface area contributed by atoms with E-state index in [0.717, 1.165) is 11.1 Å². The molecule has 3 amide bonds. The van der Waals surface area contributed by atoms with Crippen LogP contribution in [-0.4, -0.2) is 41.1 Å². The predicted molar refractivity (Wildman–Crippen MR) is 132 cm³/mol. The molecule has 2 aromatic rings. The van der Waals surface area contributed by atoms with Crippen LogP contribution in [0.5, 0.6) is 0 Å². The molecule has 5 rings (SSSR count). The number of ether oxygens (including phenoxy) is 1. The van der Waals surface area contributed by atoms with Crippen LogP contribution in [0.15, 0.2) is 42.5 Å². The molecular weight excluding hydrogens is 491 g/mol. The van der Waals surface area contributed by atoms with E-state index in [2.05, 4.69) is 5.32 Å². The molecule has 0 aromatic heterocycles. The third kappa shape index (κ3) is 4.10. The molecule has 1 saturated heterocycles. The molecule has 2 bridgehead atoms. The molecule has 0 spiro atoms. The second kappa shape index (κ2) is 8.95. The van der Waals surface area contributed by atoms with E-state index in [9.17, 15) is 19.2 Å². The van der Waals surface area contributed by atoms with Gasteiger partial charge >= 0.3 is 5.97 Å². The first kappa shape index (κ1) is 23.8. The Hall–Kier alpha value is -2.90. The van der Waals surface area contributed by atoms with Gasteiger partial charge in [0.1, 0.15) is 0 Å². The number of carbonyl (C=O) groups is 4. The Morgan fingerprint density at radius 3 is 2.03 bits per heavy atom. The first-order valence-electron chi connectivity index (χ1n) is 11.5. The van der Waals surface area contributed by atoms with Gasteiger partial charge in [-0.3, -0.25) is 19.3 Å². The minimum atomic E-state index is -0.684. The van der Waals surface area contributed by atoms with Gasteiger partial charge in [-0.2, -0.15) is 0 Å². The number of anilines is 2. The van der Waals surface area contributed by atoms with Gasteiger partial charge in [0.05, 0.1) is 33.8 Å². The molecule has 7 nitrogen and oxygen atoms in total. The third-order valence-electron chi connectivity index (χ3n) is 7.19. The van der Waals surface area contributed by atoms with Gasteiger partial charge in [-0.1, -0.05) is 6.07 Å². The van der Waals surface area contributed by atoms with Crippen LogP contribution < -0.4 is 10.2 Å². The zero-order chi connectivity index (χ0) is 25.0. The minimum absolute atomic E-state index is 0.0975. The Labute approximate surface area is 212 Å². The maximum absolute atomic E-state index is 13.1. The second-order valence-corrected chi connectivity index (χ2v) is 10.6. The summed E-state index contributed by atoms with van der Waals surface area (Å²) in [6.45, 7) is 3.41. The van der Waals surface area contributed by atoms with Crippen molar-refractivity contribution < 1.29 is 23.9 Å². The van der Waals surface area contributed by atoms with Crippen LogP contribution in [-0.2, 0) is 19.1 Å². The van der Waals surface area contributed by atoms with Crippen molar-refractivity contribution in [2.24, 2.45) is 23.7 Å². The molecule has 2 aromatic carbocycles. The summed E-state index contributed by atoms with van der Waals surface area (Å²) in [5.41, 5.74) is 3.23. The number of aryl methyl sites for hydroxylation is 2. The van der Waals surface area contributed by atoms with Crippen LogP contribution in [0.25, 0.3) is 0 Å². The van der Waals surface area contributed by atoms with Gasteiger partial charge in [0.25, 0.3) is 5.91 Å². The van der Waals surface area contributed by atoms with Crippen LogP contribution in [0.3, 0.4) is 0 Å². The quantitative estimate of drug-likeness (QED) is 0.368. The Bertz CT molecular complexity index is 1180. The zero-order valence-electron chi connectivity index (χ0n) is 19.2. The summed E-state index contributed by atoms with van der Waals surface area (Å²) in [7, 11) is 0. The van der Waals surface area contributed by atoms with Crippen molar-refractivity contribution in [3.05, 3.63) is 59.2 Å². The highest BCUT2D eigenvalue weighted by atomic mass is 35.5. The summed E-state index contributed by atoms with van der Waals surface area (Å²) >= 11 is 12.8. The molecule has 2 aliphatic carbocycles. The molecule has 0 radical (unpaired) electrons. The first-order chi connectivity index (χ1) is 16.7. The van der Waals surface area contributed by atoms with E-state index in [1.807, 2.05) is 32.0 Å². The number of imide groups is 1. The minimum Gasteiger partial charge on any atom is -0.452 e. The van der Waals surface area contributed by atoms with Gasteiger partial charge in [-0.05, 0) is 79.6 Å². The highest BCUT2D eigenvalue weighted by Gasteiger charge is 2.66. The van der Waals surface area contributed by atoms with E-state index in [1.54, 1.807) is 0 Å². The number of benzene rings is 2. The summed E-state index contributed by atoms with van der Waals surface area (Å²) in [5, 5.41) is 2.08. The van der Waals surface area contributed by atoms with Crippen LogP contribution in [0.4, 0.5) is 11.4 Å². The predicted octanol–water partition coefficient (Wildman–Crippen LogP) is 4.07. The number of amides is 3. The third-order valence-corrected chi connectivity index (χ3v) is 8.51. The molecule has 6 atom stereocenters. The zero-order valence-corrected chi connectivity index (χ0v) is 20.7. The van der Waals surface area contributed by atoms with Crippen LogP contribution in [0.1, 0.15) is 27.9 Å². The van der Waals surface area contributed by atoms with Gasteiger partial charge in [0.15, 0.2) is 6.61 Å². The number of nitrogens with zero attached hydrogens (tertiary/aromatic N) is 1. The first-order valence-corrected chi connectivity index (χ1v) is 12.3. The molecule has 2 saturated carbocycles. The van der Waals surface area contributed by atoms with Crippen molar-refractivity contribution in [2.75, 3.05) is 16.8 Å². The Morgan fingerprint density at radius 1 is 0.943 bits per heavy atom. The van der Waals surface area contributed by atoms with Crippen LogP contribution in [0, 0.1) is 37.5 Å². The molecule has 1 aliphatic heterocycles. The summed E-state index contributed by atoms with van der Waals surface area (Å²) < 4.78 is 5.12. The Morgan fingerprint density at radius 2 is 1.49 bits per heavy atom. The van der Waals surface area contributed by atoms with Crippen molar-refractivity contribution >= 4 is 58.3 Å². The number of nitrogens with one attached hydrogen (secondary N) is 1. The molecule has 182 valence electrons. The number of halogens is 2. The Kier molecular flexibility index (Phi) is 6.09. The average molecular weight is 515 g/mol. The van der Waals surface area contributed by atoms with E-state index < -0.39 is 30.3 Å². The topological polar surface area (TPSA) is 92.8 Å². The van der Waals surface area contributed by atoms with Gasteiger partial charge < -0.3 is 10.1 Å².